The van der Waals surface area contributed by atoms with E-state index in [2.05, 4.69) is 4.99 Å². The zero-order chi connectivity index (χ0) is 3.98. The summed E-state index contributed by atoms with van der Waals surface area (Å²) in [4.78, 5) is 4.08. The van der Waals surface area contributed by atoms with Crippen molar-refractivity contribution >= 4 is 5.71 Å². The predicted molar refractivity (Wildman–Crippen MR) is 25.0 cm³/mol. The molecule has 2 rings (SSSR count). The zero-order valence-electron chi connectivity index (χ0n) is 3.65. The van der Waals surface area contributed by atoms with Gasteiger partial charge in [-0.3, -0.25) is 4.99 Å². The van der Waals surface area contributed by atoms with Crippen LogP contribution in [-0.4, -0.2) is 12.3 Å². The topological polar surface area (TPSA) is 12.4 Å². The van der Waals surface area contributed by atoms with E-state index in [1.807, 2.05) is 0 Å². The molecule has 0 N–H and O–H groups in total. The van der Waals surface area contributed by atoms with Crippen LogP contribution in [0.4, 0.5) is 0 Å². The van der Waals surface area contributed by atoms with Gasteiger partial charge in [-0.15, -0.1) is 0 Å². The lowest BCUT2D eigenvalue weighted by molar-refractivity contribution is 1.23. The average molecular weight is 81.1 g/mol. The third-order valence-corrected chi connectivity index (χ3v) is 1.39. The van der Waals surface area contributed by atoms with E-state index in [0.717, 1.165) is 12.5 Å². The largest absolute Gasteiger partial charge is 0.286 e. The molecule has 0 aromatic carbocycles. The monoisotopic (exact) mass is 81.1 g/mol. The van der Waals surface area contributed by atoms with Crippen LogP contribution in [-0.2, 0) is 0 Å². The first kappa shape index (κ1) is 2.78. The molecule has 0 bridgehead atoms. The Balaban J connectivity index is 2.07. The minimum Gasteiger partial charge on any atom is -0.286 e. The molecule has 0 aromatic heterocycles. The molecule has 1 aliphatic carbocycles. The van der Waals surface area contributed by atoms with Gasteiger partial charge in [0.05, 0.1) is 6.54 Å². The highest BCUT2D eigenvalue weighted by Crippen LogP contribution is 2.34. The first-order chi connectivity index (χ1) is 2.97. The van der Waals surface area contributed by atoms with E-state index in [1.54, 1.807) is 0 Å². The average Bonchev–Trinajstić information content (AvgIpc) is 2.26. The van der Waals surface area contributed by atoms with Crippen LogP contribution < -0.4 is 0 Å². The quantitative estimate of drug-likeness (QED) is 0.443. The van der Waals surface area contributed by atoms with Gasteiger partial charge in [-0.1, -0.05) is 0 Å². The number of hydrogen-bond acceptors (Lipinski definition) is 1. The van der Waals surface area contributed by atoms with E-state index >= 15 is 0 Å². The fourth-order valence-corrected chi connectivity index (χ4v) is 0.720. The van der Waals surface area contributed by atoms with Gasteiger partial charge in [-0.2, -0.15) is 0 Å². The van der Waals surface area contributed by atoms with Gasteiger partial charge >= 0.3 is 0 Å². The Bertz CT molecular complexity index is 101. The van der Waals surface area contributed by atoms with Crippen molar-refractivity contribution in [2.45, 2.75) is 12.8 Å². The van der Waals surface area contributed by atoms with Crippen molar-refractivity contribution in [1.82, 2.24) is 0 Å². The highest BCUT2D eigenvalue weighted by molar-refractivity contribution is 6.00. The highest BCUT2D eigenvalue weighted by Gasteiger charge is 2.31. The van der Waals surface area contributed by atoms with E-state index < -0.39 is 0 Å². The maximum atomic E-state index is 4.08. The number of hydrogen-bond donors (Lipinski definition) is 0. The van der Waals surface area contributed by atoms with Crippen LogP contribution in [0.1, 0.15) is 12.8 Å². The van der Waals surface area contributed by atoms with Crippen LogP contribution in [0, 0.1) is 5.92 Å². The summed E-state index contributed by atoms with van der Waals surface area (Å²) in [6.07, 6.45) is 2.86. The Labute approximate surface area is 37.1 Å². The van der Waals surface area contributed by atoms with Crippen LogP contribution in [0.15, 0.2) is 4.99 Å². The fourth-order valence-electron chi connectivity index (χ4n) is 0.720. The van der Waals surface area contributed by atoms with Gasteiger partial charge in [0.1, 0.15) is 0 Å². The third kappa shape index (κ3) is 0.280. The lowest BCUT2D eigenvalue weighted by Gasteiger charge is -1.67. The molecule has 1 nitrogen and oxygen atoms in total. The molecule has 0 radical (unpaired) electrons. The van der Waals surface area contributed by atoms with Crippen LogP contribution >= 0.6 is 0 Å². The molecular weight excluding hydrogens is 74.1 g/mol. The Morgan fingerprint density at radius 1 is 1.50 bits per heavy atom. The van der Waals surface area contributed by atoms with Gasteiger partial charge in [-0.05, 0) is 18.8 Å². The Morgan fingerprint density at radius 3 is 2.33 bits per heavy atom. The standard InChI is InChI=1S/C5H7N/c1-2-4(1)5-3-6-5/h4H,1-3H2. The van der Waals surface area contributed by atoms with Crippen LogP contribution in [0.3, 0.4) is 0 Å². The molecule has 0 aromatic rings. The Kier molecular flexibility index (Phi) is 0.312. The molecule has 0 unspecified atom stereocenters. The molecule has 0 atom stereocenters. The molecular formula is C5H7N. The van der Waals surface area contributed by atoms with Crippen molar-refractivity contribution < 1.29 is 0 Å². The van der Waals surface area contributed by atoms with E-state index in [9.17, 15) is 0 Å². The lowest BCUT2D eigenvalue weighted by Crippen LogP contribution is -1.80. The van der Waals surface area contributed by atoms with Gasteiger partial charge in [0.15, 0.2) is 0 Å². The van der Waals surface area contributed by atoms with E-state index in [1.165, 1.54) is 18.6 Å². The van der Waals surface area contributed by atoms with Crippen LogP contribution in [0.2, 0.25) is 0 Å². The van der Waals surface area contributed by atoms with Gasteiger partial charge < -0.3 is 0 Å². The summed E-state index contributed by atoms with van der Waals surface area (Å²) in [5, 5.41) is 0. The number of aliphatic imine (C=N–C) groups is 1. The number of nitrogens with zero attached hydrogens (tertiary/aromatic N) is 1. The van der Waals surface area contributed by atoms with Gasteiger partial charge in [-0.25, -0.2) is 0 Å². The van der Waals surface area contributed by atoms with E-state index in [-0.39, 0.29) is 0 Å². The Hall–Kier alpha value is -0.330. The number of rotatable bonds is 1. The molecule has 0 spiro atoms. The SMILES string of the molecule is C1N=C1C1CC1. The van der Waals surface area contributed by atoms with Crippen molar-refractivity contribution in [3.63, 3.8) is 0 Å². The lowest BCUT2D eigenvalue weighted by atomic mass is 10.3. The van der Waals surface area contributed by atoms with Crippen LogP contribution in [0.5, 0.6) is 0 Å². The summed E-state index contributed by atoms with van der Waals surface area (Å²) < 4.78 is 0. The smallest absolute Gasteiger partial charge is 0.0771 e. The molecule has 1 heteroatoms. The molecule has 1 fully saturated rings. The molecule has 2 aliphatic rings. The minimum absolute atomic E-state index is 0.963. The molecule has 0 saturated heterocycles. The van der Waals surface area contributed by atoms with Crippen molar-refractivity contribution in [2.24, 2.45) is 10.9 Å². The Morgan fingerprint density at radius 2 is 2.17 bits per heavy atom. The highest BCUT2D eigenvalue weighted by atomic mass is 14.9. The van der Waals surface area contributed by atoms with E-state index in [4.69, 9.17) is 0 Å². The second-order valence-corrected chi connectivity index (χ2v) is 2.08. The summed E-state index contributed by atoms with van der Waals surface area (Å²) in [5.74, 6) is 0.963. The molecule has 1 saturated carbocycles. The predicted octanol–water partition coefficient (Wildman–Crippen LogP) is 0.851. The molecule has 1 heterocycles. The maximum Gasteiger partial charge on any atom is 0.0771 e. The summed E-state index contributed by atoms with van der Waals surface area (Å²) in [6.45, 7) is 1.10. The zero-order valence-corrected chi connectivity index (χ0v) is 3.65. The summed E-state index contributed by atoms with van der Waals surface area (Å²) >= 11 is 0. The fraction of sp³-hybridized carbons (Fsp3) is 0.800. The second-order valence-electron chi connectivity index (χ2n) is 2.08. The first-order valence-corrected chi connectivity index (χ1v) is 2.50. The molecule has 32 valence electrons. The van der Waals surface area contributed by atoms with Gasteiger partial charge in [0.25, 0.3) is 0 Å². The van der Waals surface area contributed by atoms with Gasteiger partial charge in [0.2, 0.25) is 0 Å². The summed E-state index contributed by atoms with van der Waals surface area (Å²) in [6, 6.07) is 0. The van der Waals surface area contributed by atoms with E-state index in [0.29, 0.717) is 0 Å². The summed E-state index contributed by atoms with van der Waals surface area (Å²) in [5.41, 5.74) is 1.50. The second kappa shape index (κ2) is 0.673. The van der Waals surface area contributed by atoms with Crippen molar-refractivity contribution in [3.8, 4) is 0 Å². The van der Waals surface area contributed by atoms with Crippen LogP contribution in [0.25, 0.3) is 0 Å². The summed E-state index contributed by atoms with van der Waals surface area (Å²) in [7, 11) is 0. The van der Waals surface area contributed by atoms with Crippen molar-refractivity contribution in [1.29, 1.82) is 0 Å². The van der Waals surface area contributed by atoms with Crippen molar-refractivity contribution in [2.75, 3.05) is 6.54 Å². The molecule has 1 aliphatic heterocycles. The first-order valence-electron chi connectivity index (χ1n) is 2.50. The molecule has 0 amide bonds. The molecule has 6 heavy (non-hydrogen) atoms. The van der Waals surface area contributed by atoms with Gasteiger partial charge in [0, 0.05) is 5.71 Å². The third-order valence-electron chi connectivity index (χ3n) is 1.39. The normalized spacial score (nSPS) is 29.7. The van der Waals surface area contributed by atoms with Crippen molar-refractivity contribution in [3.05, 3.63) is 0 Å². The minimum atomic E-state index is 0.963. The maximum absolute atomic E-state index is 4.08.